The van der Waals surface area contributed by atoms with Crippen LogP contribution in [-0.2, 0) is 24.3 Å². The molecule has 2 rings (SSSR count). The molecular weight excluding hydrogens is 398 g/mol. The number of nitrogens with zero attached hydrogens (tertiary/aromatic N) is 2. The van der Waals surface area contributed by atoms with Gasteiger partial charge in [-0.05, 0) is 38.0 Å². The Kier molecular flexibility index (Phi) is 7.60. The van der Waals surface area contributed by atoms with Crippen LogP contribution >= 0.6 is 0 Å². The highest BCUT2D eigenvalue weighted by Crippen LogP contribution is 2.19. The van der Waals surface area contributed by atoms with Gasteiger partial charge in [0.1, 0.15) is 0 Å². The lowest BCUT2D eigenvalue weighted by molar-refractivity contribution is -0.151. The first kappa shape index (κ1) is 22.7. The molecular formula is C19H27N3O6S. The van der Waals surface area contributed by atoms with E-state index in [1.807, 2.05) is 0 Å². The summed E-state index contributed by atoms with van der Waals surface area (Å²) in [6, 6.07) is 6.09. The second-order valence-corrected chi connectivity index (χ2v) is 8.77. The second kappa shape index (κ2) is 9.73. The molecule has 0 saturated carbocycles. The summed E-state index contributed by atoms with van der Waals surface area (Å²) < 4.78 is 30.0. The fourth-order valence-electron chi connectivity index (χ4n) is 3.15. The molecule has 0 bridgehead atoms. The van der Waals surface area contributed by atoms with Crippen molar-refractivity contribution in [1.29, 1.82) is 0 Å². The second-order valence-electron chi connectivity index (χ2n) is 7.02. The van der Waals surface area contributed by atoms with Crippen LogP contribution < -0.4 is 4.72 Å². The number of hydrogen-bond acceptors (Lipinski definition) is 6. The highest BCUT2D eigenvalue weighted by atomic mass is 32.2. The lowest BCUT2D eigenvalue weighted by Gasteiger charge is -2.32. The maximum absolute atomic E-state index is 12.6. The molecule has 29 heavy (non-hydrogen) atoms. The quantitative estimate of drug-likeness (QED) is 0.651. The summed E-state index contributed by atoms with van der Waals surface area (Å²) in [5, 5.41) is 0. The Morgan fingerprint density at radius 2 is 1.90 bits per heavy atom. The number of amides is 2. The molecule has 1 heterocycles. The molecule has 0 aromatic heterocycles. The SMILES string of the molecule is CCOC(=O)C1CCN(C(=O)CN(C)C(=O)c2cccc(NS(C)(=O)=O)c2)CC1. The van der Waals surface area contributed by atoms with E-state index in [1.54, 1.807) is 24.0 Å². The van der Waals surface area contributed by atoms with Crippen LogP contribution in [0.25, 0.3) is 0 Å². The van der Waals surface area contributed by atoms with E-state index in [-0.39, 0.29) is 35.6 Å². The minimum atomic E-state index is -3.46. The van der Waals surface area contributed by atoms with Gasteiger partial charge in [-0.15, -0.1) is 0 Å². The number of piperidine rings is 1. The summed E-state index contributed by atoms with van der Waals surface area (Å²) in [5.41, 5.74) is 0.550. The minimum absolute atomic E-state index is 0.105. The van der Waals surface area contributed by atoms with E-state index < -0.39 is 15.9 Å². The zero-order chi connectivity index (χ0) is 21.6. The Morgan fingerprint density at radius 1 is 1.24 bits per heavy atom. The van der Waals surface area contributed by atoms with Crippen LogP contribution in [0.1, 0.15) is 30.1 Å². The van der Waals surface area contributed by atoms with Gasteiger partial charge in [-0.25, -0.2) is 8.42 Å². The maximum Gasteiger partial charge on any atom is 0.309 e. The number of nitrogens with one attached hydrogen (secondary N) is 1. The van der Waals surface area contributed by atoms with Gasteiger partial charge in [0.25, 0.3) is 5.91 Å². The van der Waals surface area contributed by atoms with Gasteiger partial charge in [-0.3, -0.25) is 19.1 Å². The monoisotopic (exact) mass is 425 g/mol. The first-order chi connectivity index (χ1) is 13.6. The molecule has 0 spiro atoms. The maximum atomic E-state index is 12.6. The van der Waals surface area contributed by atoms with E-state index in [1.165, 1.54) is 24.1 Å². The van der Waals surface area contributed by atoms with E-state index in [0.29, 0.717) is 32.5 Å². The number of likely N-dealkylation sites (tertiary alicyclic amines) is 1. The van der Waals surface area contributed by atoms with Gasteiger partial charge in [0.2, 0.25) is 15.9 Å². The number of carbonyl (C=O) groups excluding carboxylic acids is 3. The van der Waals surface area contributed by atoms with Crippen molar-refractivity contribution >= 4 is 33.5 Å². The Bertz CT molecular complexity index is 862. The topological polar surface area (TPSA) is 113 Å². The number of sulfonamides is 1. The fourth-order valence-corrected chi connectivity index (χ4v) is 3.70. The first-order valence-electron chi connectivity index (χ1n) is 9.38. The van der Waals surface area contributed by atoms with E-state index >= 15 is 0 Å². The van der Waals surface area contributed by atoms with Crippen molar-refractivity contribution in [2.24, 2.45) is 5.92 Å². The molecule has 0 unspecified atom stereocenters. The summed E-state index contributed by atoms with van der Waals surface area (Å²) in [6.45, 7) is 2.88. The van der Waals surface area contributed by atoms with E-state index in [9.17, 15) is 22.8 Å². The summed E-state index contributed by atoms with van der Waals surface area (Å²) in [4.78, 5) is 39.9. The van der Waals surface area contributed by atoms with Crippen LogP contribution in [0.2, 0.25) is 0 Å². The van der Waals surface area contributed by atoms with Gasteiger partial charge < -0.3 is 14.5 Å². The van der Waals surface area contributed by atoms with Crippen LogP contribution in [0.15, 0.2) is 24.3 Å². The van der Waals surface area contributed by atoms with Crippen LogP contribution in [0.5, 0.6) is 0 Å². The van der Waals surface area contributed by atoms with E-state index in [0.717, 1.165) is 6.26 Å². The molecule has 1 aliphatic heterocycles. The van der Waals surface area contributed by atoms with Crippen molar-refractivity contribution in [2.45, 2.75) is 19.8 Å². The van der Waals surface area contributed by atoms with Crippen LogP contribution in [0.3, 0.4) is 0 Å². The van der Waals surface area contributed by atoms with Gasteiger partial charge in [-0.2, -0.15) is 0 Å². The molecule has 2 amide bonds. The number of likely N-dealkylation sites (N-methyl/N-ethyl adjacent to an activating group) is 1. The van der Waals surface area contributed by atoms with Crippen molar-refractivity contribution in [3.05, 3.63) is 29.8 Å². The van der Waals surface area contributed by atoms with Gasteiger partial charge in [-0.1, -0.05) is 6.07 Å². The standard InChI is InChI=1S/C19H27N3O6S/c1-4-28-19(25)14-8-10-22(11-9-14)17(23)13-21(2)18(24)15-6-5-7-16(12-15)20-29(3,26)27/h5-7,12,14,20H,4,8-11,13H2,1-3H3. The van der Waals surface area contributed by atoms with Crippen molar-refractivity contribution in [2.75, 3.05) is 44.3 Å². The van der Waals surface area contributed by atoms with E-state index in [2.05, 4.69) is 4.72 Å². The average Bonchev–Trinajstić information content (AvgIpc) is 2.66. The molecule has 1 fully saturated rings. The zero-order valence-corrected chi connectivity index (χ0v) is 17.7. The summed E-state index contributed by atoms with van der Waals surface area (Å²) in [5.74, 6) is -1.01. The summed E-state index contributed by atoms with van der Waals surface area (Å²) in [6.07, 6.45) is 2.11. The van der Waals surface area contributed by atoms with Crippen molar-refractivity contribution in [3.8, 4) is 0 Å². The van der Waals surface area contributed by atoms with Crippen molar-refractivity contribution < 1.29 is 27.5 Å². The number of esters is 1. The summed E-state index contributed by atoms with van der Waals surface area (Å²) in [7, 11) is -1.94. The van der Waals surface area contributed by atoms with Gasteiger partial charge in [0.15, 0.2) is 0 Å². The average molecular weight is 426 g/mol. The van der Waals surface area contributed by atoms with Crippen LogP contribution in [0.4, 0.5) is 5.69 Å². The fraction of sp³-hybridized carbons (Fsp3) is 0.526. The molecule has 10 heteroatoms. The molecule has 1 aliphatic rings. The highest BCUT2D eigenvalue weighted by Gasteiger charge is 2.29. The highest BCUT2D eigenvalue weighted by molar-refractivity contribution is 7.92. The largest absolute Gasteiger partial charge is 0.466 e. The predicted molar refractivity (Wildman–Crippen MR) is 108 cm³/mol. The summed E-state index contributed by atoms with van der Waals surface area (Å²) >= 11 is 0. The third-order valence-corrected chi connectivity index (χ3v) is 5.21. The number of benzene rings is 1. The Labute approximate surface area is 171 Å². The molecule has 160 valence electrons. The molecule has 1 aromatic rings. The van der Waals surface area contributed by atoms with Crippen molar-refractivity contribution in [1.82, 2.24) is 9.80 Å². The number of anilines is 1. The number of ether oxygens (including phenoxy) is 1. The van der Waals surface area contributed by atoms with Crippen molar-refractivity contribution in [3.63, 3.8) is 0 Å². The number of hydrogen-bond donors (Lipinski definition) is 1. The molecule has 9 nitrogen and oxygen atoms in total. The smallest absolute Gasteiger partial charge is 0.309 e. The predicted octanol–water partition coefficient (Wildman–Crippen LogP) is 0.932. The normalized spacial score (nSPS) is 14.9. The van der Waals surface area contributed by atoms with Gasteiger partial charge in [0.05, 0.1) is 25.3 Å². The number of carbonyl (C=O) groups is 3. The third kappa shape index (κ3) is 6.74. The van der Waals surface area contributed by atoms with Gasteiger partial charge in [0, 0.05) is 31.4 Å². The van der Waals surface area contributed by atoms with E-state index in [4.69, 9.17) is 4.74 Å². The molecule has 1 saturated heterocycles. The molecule has 0 atom stereocenters. The lowest BCUT2D eigenvalue weighted by atomic mass is 9.97. The van der Waals surface area contributed by atoms with Gasteiger partial charge >= 0.3 is 5.97 Å². The third-order valence-electron chi connectivity index (χ3n) is 4.60. The molecule has 1 aromatic carbocycles. The Balaban J connectivity index is 1.92. The first-order valence-corrected chi connectivity index (χ1v) is 11.3. The molecule has 0 radical (unpaired) electrons. The molecule has 1 N–H and O–H groups in total. The van der Waals surface area contributed by atoms with Crippen LogP contribution in [-0.4, -0.2) is 75.5 Å². The number of rotatable bonds is 7. The zero-order valence-electron chi connectivity index (χ0n) is 16.9. The van der Waals surface area contributed by atoms with Crippen LogP contribution in [0, 0.1) is 5.92 Å². The Hall–Kier alpha value is -2.62. The lowest BCUT2D eigenvalue weighted by Crippen LogP contribution is -2.45. The Morgan fingerprint density at radius 3 is 2.48 bits per heavy atom. The minimum Gasteiger partial charge on any atom is -0.466 e. The molecule has 0 aliphatic carbocycles.